The van der Waals surface area contributed by atoms with Crippen LogP contribution >= 0.6 is 0 Å². The number of hydrazine groups is 1. The highest BCUT2D eigenvalue weighted by atomic mass is 16.5. The molecule has 1 saturated heterocycles. The first-order valence-corrected chi connectivity index (χ1v) is 10.5. The zero-order valence-corrected chi connectivity index (χ0v) is 18.2. The van der Waals surface area contributed by atoms with Crippen LogP contribution in [0, 0.1) is 0 Å². The smallest absolute Gasteiger partial charge is 0.338 e. The highest BCUT2D eigenvalue weighted by Crippen LogP contribution is 2.18. The number of anilines is 1. The summed E-state index contributed by atoms with van der Waals surface area (Å²) in [5.41, 5.74) is 3.11. The molecule has 0 saturated carbocycles. The second-order valence-electron chi connectivity index (χ2n) is 6.99. The lowest BCUT2D eigenvalue weighted by Gasteiger charge is -2.27. The fourth-order valence-electron chi connectivity index (χ4n) is 2.95. The summed E-state index contributed by atoms with van der Waals surface area (Å²) < 4.78 is 15.9. The highest BCUT2D eigenvalue weighted by molar-refractivity contribution is 6.01. The molecular weight excluding hydrogens is 430 g/mol. The van der Waals surface area contributed by atoms with Gasteiger partial charge in [0.2, 0.25) is 11.8 Å². The summed E-state index contributed by atoms with van der Waals surface area (Å²) in [4.78, 5) is 47.5. The van der Waals surface area contributed by atoms with Gasteiger partial charge in [0.25, 0.3) is 5.91 Å². The number of esters is 1. The Bertz CT molecular complexity index is 990. The predicted molar refractivity (Wildman–Crippen MR) is 118 cm³/mol. The molecule has 3 amide bonds. The van der Waals surface area contributed by atoms with E-state index in [1.807, 2.05) is 6.92 Å². The molecule has 1 heterocycles. The zero-order chi connectivity index (χ0) is 23.6. The third kappa shape index (κ3) is 6.96. The Morgan fingerprint density at radius 3 is 2.30 bits per heavy atom. The number of nitrogens with zero attached hydrogens (tertiary/aromatic N) is 1. The van der Waals surface area contributed by atoms with Gasteiger partial charge in [-0.25, -0.2) is 9.80 Å². The average Bonchev–Trinajstić information content (AvgIpc) is 2.83. The van der Waals surface area contributed by atoms with Crippen molar-refractivity contribution in [3.63, 3.8) is 0 Å². The van der Waals surface area contributed by atoms with Crippen molar-refractivity contribution in [2.45, 2.75) is 19.8 Å². The average molecular weight is 455 g/mol. The molecule has 0 unspecified atom stereocenters. The van der Waals surface area contributed by atoms with Crippen molar-refractivity contribution in [1.82, 2.24) is 10.7 Å². The maximum Gasteiger partial charge on any atom is 0.338 e. The summed E-state index contributed by atoms with van der Waals surface area (Å²) in [7, 11) is 0. The first kappa shape index (κ1) is 23.6. The number of carbonyl (C=O) groups excluding carboxylic acids is 4. The second kappa shape index (κ2) is 11.5. The first-order valence-electron chi connectivity index (χ1n) is 10.5. The fraction of sp³-hybridized carbons (Fsp3) is 0.304. The Labute approximate surface area is 190 Å². The Balaban J connectivity index is 1.37. The van der Waals surface area contributed by atoms with Gasteiger partial charge in [-0.15, -0.1) is 0 Å². The number of nitrogens with one attached hydrogen (secondary N) is 2. The molecule has 33 heavy (non-hydrogen) atoms. The van der Waals surface area contributed by atoms with E-state index in [0.29, 0.717) is 18.0 Å². The van der Waals surface area contributed by atoms with Crippen LogP contribution < -0.4 is 25.2 Å². The van der Waals surface area contributed by atoms with Gasteiger partial charge in [0.1, 0.15) is 18.1 Å². The minimum absolute atomic E-state index is 0.121. The largest absolute Gasteiger partial charge is 0.494 e. The van der Waals surface area contributed by atoms with Crippen molar-refractivity contribution in [1.29, 1.82) is 0 Å². The Hall–Kier alpha value is -4.08. The summed E-state index contributed by atoms with van der Waals surface area (Å²) in [6, 6.07) is 13.1. The SMILES string of the molecule is CCOc1ccc(OCCNC(=O)COC(=O)c2ccc(N3NC(=O)CCC3=O)cc2)cc1. The third-order valence-corrected chi connectivity index (χ3v) is 4.58. The van der Waals surface area contributed by atoms with E-state index < -0.39 is 18.5 Å². The van der Waals surface area contributed by atoms with Crippen LogP contribution in [0.5, 0.6) is 11.5 Å². The van der Waals surface area contributed by atoms with Gasteiger partial charge in [0.15, 0.2) is 6.61 Å². The summed E-state index contributed by atoms with van der Waals surface area (Å²) in [5.74, 6) is -0.245. The minimum Gasteiger partial charge on any atom is -0.494 e. The topological polar surface area (TPSA) is 123 Å². The molecule has 3 rings (SSSR count). The molecule has 0 atom stereocenters. The van der Waals surface area contributed by atoms with Crippen molar-refractivity contribution in [2.24, 2.45) is 0 Å². The molecule has 10 heteroatoms. The van der Waals surface area contributed by atoms with E-state index in [1.165, 1.54) is 24.3 Å². The van der Waals surface area contributed by atoms with Crippen LogP contribution in [0.25, 0.3) is 0 Å². The van der Waals surface area contributed by atoms with Gasteiger partial charge in [-0.1, -0.05) is 0 Å². The van der Waals surface area contributed by atoms with E-state index in [0.717, 1.165) is 10.8 Å². The normalized spacial score (nSPS) is 13.2. The molecule has 0 aromatic heterocycles. The molecule has 1 aliphatic heterocycles. The van der Waals surface area contributed by atoms with Crippen LogP contribution in [0.15, 0.2) is 48.5 Å². The van der Waals surface area contributed by atoms with E-state index in [9.17, 15) is 19.2 Å². The molecular formula is C23H25N3O7. The Morgan fingerprint density at radius 1 is 0.970 bits per heavy atom. The molecule has 2 aromatic rings. The van der Waals surface area contributed by atoms with Crippen LogP contribution in [0.1, 0.15) is 30.1 Å². The lowest BCUT2D eigenvalue weighted by Crippen LogP contribution is -2.50. The maximum atomic E-state index is 12.2. The number of hydrogen-bond acceptors (Lipinski definition) is 7. The number of rotatable bonds is 10. The van der Waals surface area contributed by atoms with Gasteiger partial charge in [0, 0.05) is 12.8 Å². The minimum atomic E-state index is -0.684. The highest BCUT2D eigenvalue weighted by Gasteiger charge is 2.24. The molecule has 2 N–H and O–H groups in total. The molecule has 1 fully saturated rings. The van der Waals surface area contributed by atoms with E-state index >= 15 is 0 Å². The standard InChI is InChI=1S/C23H25N3O7/c1-2-31-18-7-9-19(10-8-18)32-14-13-24-21(28)15-33-23(30)16-3-5-17(6-4-16)26-22(29)12-11-20(27)25-26/h3-10H,2,11-15H2,1H3,(H,24,28)(H,25,27). The molecule has 2 aromatic carbocycles. The summed E-state index contributed by atoms with van der Waals surface area (Å²) >= 11 is 0. The number of carbonyl (C=O) groups is 4. The summed E-state index contributed by atoms with van der Waals surface area (Å²) in [6.45, 7) is 2.54. The quantitative estimate of drug-likeness (QED) is 0.412. The maximum absolute atomic E-state index is 12.2. The zero-order valence-electron chi connectivity index (χ0n) is 18.2. The molecule has 0 bridgehead atoms. The third-order valence-electron chi connectivity index (χ3n) is 4.58. The second-order valence-corrected chi connectivity index (χ2v) is 6.99. The predicted octanol–water partition coefficient (Wildman–Crippen LogP) is 1.60. The van der Waals surface area contributed by atoms with Crippen LogP contribution in [0.2, 0.25) is 0 Å². The number of benzene rings is 2. The Morgan fingerprint density at radius 2 is 1.64 bits per heavy atom. The lowest BCUT2D eigenvalue weighted by molar-refractivity contribution is -0.130. The molecule has 1 aliphatic rings. The van der Waals surface area contributed by atoms with Gasteiger partial charge in [-0.2, -0.15) is 0 Å². The van der Waals surface area contributed by atoms with E-state index in [2.05, 4.69) is 10.7 Å². The molecule has 0 radical (unpaired) electrons. The fourth-order valence-corrected chi connectivity index (χ4v) is 2.95. The van der Waals surface area contributed by atoms with Gasteiger partial charge in [0.05, 0.1) is 24.4 Å². The molecule has 10 nitrogen and oxygen atoms in total. The van der Waals surface area contributed by atoms with Gasteiger partial charge >= 0.3 is 5.97 Å². The van der Waals surface area contributed by atoms with Crippen LogP contribution in [-0.2, 0) is 19.1 Å². The van der Waals surface area contributed by atoms with Crippen molar-refractivity contribution in [3.8, 4) is 11.5 Å². The molecule has 0 aliphatic carbocycles. The van der Waals surface area contributed by atoms with Crippen LogP contribution in [0.3, 0.4) is 0 Å². The van der Waals surface area contributed by atoms with E-state index in [-0.39, 0.29) is 43.4 Å². The molecule has 0 spiro atoms. The van der Waals surface area contributed by atoms with Crippen molar-refractivity contribution >= 4 is 29.4 Å². The van der Waals surface area contributed by atoms with Gasteiger partial charge in [-0.05, 0) is 55.5 Å². The summed E-state index contributed by atoms with van der Waals surface area (Å²) in [6.07, 6.45) is 0.269. The number of ether oxygens (including phenoxy) is 3. The van der Waals surface area contributed by atoms with Crippen molar-refractivity contribution in [2.75, 3.05) is 31.4 Å². The monoisotopic (exact) mass is 455 g/mol. The van der Waals surface area contributed by atoms with E-state index in [4.69, 9.17) is 14.2 Å². The van der Waals surface area contributed by atoms with Gasteiger partial charge < -0.3 is 19.5 Å². The van der Waals surface area contributed by atoms with E-state index in [1.54, 1.807) is 24.3 Å². The first-order chi connectivity index (χ1) is 16.0. The number of amides is 3. The van der Waals surface area contributed by atoms with Gasteiger partial charge in [-0.3, -0.25) is 19.8 Å². The van der Waals surface area contributed by atoms with Crippen LogP contribution in [0.4, 0.5) is 5.69 Å². The van der Waals surface area contributed by atoms with Crippen LogP contribution in [-0.4, -0.2) is 50.1 Å². The van der Waals surface area contributed by atoms with Crippen molar-refractivity contribution < 1.29 is 33.4 Å². The van der Waals surface area contributed by atoms with Crippen molar-refractivity contribution in [3.05, 3.63) is 54.1 Å². The Kier molecular flexibility index (Phi) is 8.23. The lowest BCUT2D eigenvalue weighted by atomic mass is 10.2. The molecule has 174 valence electrons. The summed E-state index contributed by atoms with van der Waals surface area (Å²) in [5, 5.41) is 3.75. The number of hydrogen-bond donors (Lipinski definition) is 2.